The number of nitrogens with zero attached hydrogens (tertiary/aromatic N) is 5. The molecule has 26 heavy (non-hydrogen) atoms. The summed E-state index contributed by atoms with van der Waals surface area (Å²) in [5.41, 5.74) is 1.78. The number of hydrogen-bond donors (Lipinski definition) is 0. The van der Waals surface area contributed by atoms with E-state index in [1.165, 1.54) is 16.3 Å². The zero-order valence-electron chi connectivity index (χ0n) is 14.8. The van der Waals surface area contributed by atoms with Crippen LogP contribution in [-0.2, 0) is 16.1 Å². The number of rotatable bonds is 5. The summed E-state index contributed by atoms with van der Waals surface area (Å²) in [5.74, 6) is -0.890. The first-order valence-corrected chi connectivity index (χ1v) is 8.14. The number of ether oxygens (including phenoxy) is 1. The molecule has 0 N–H and O–H groups in total. The second-order valence-corrected chi connectivity index (χ2v) is 5.96. The van der Waals surface area contributed by atoms with Crippen molar-refractivity contribution in [3.63, 3.8) is 0 Å². The topological polar surface area (TPSA) is 89.7 Å². The van der Waals surface area contributed by atoms with Crippen LogP contribution in [0.2, 0.25) is 0 Å². The molecule has 3 aromatic rings. The van der Waals surface area contributed by atoms with E-state index in [1.807, 2.05) is 37.3 Å². The molecule has 0 bridgehead atoms. The summed E-state index contributed by atoms with van der Waals surface area (Å²) in [7, 11) is 1.66. The van der Waals surface area contributed by atoms with Gasteiger partial charge in [-0.3, -0.25) is 4.79 Å². The van der Waals surface area contributed by atoms with Gasteiger partial charge in [-0.05, 0) is 25.5 Å². The number of amides is 1. The molecule has 0 spiro atoms. The van der Waals surface area contributed by atoms with Gasteiger partial charge in [-0.2, -0.15) is 4.98 Å². The number of fused-ring (bicyclic) bond motifs is 1. The van der Waals surface area contributed by atoms with Crippen LogP contribution in [0.3, 0.4) is 0 Å². The predicted molar refractivity (Wildman–Crippen MR) is 93.3 cm³/mol. The van der Waals surface area contributed by atoms with Crippen molar-refractivity contribution >= 4 is 17.7 Å². The largest absolute Gasteiger partial charge is 0.447 e. The minimum absolute atomic E-state index is 0.128. The molecule has 1 amide bonds. The summed E-state index contributed by atoms with van der Waals surface area (Å²) >= 11 is 0. The Hall–Kier alpha value is -3.29. The number of likely N-dealkylation sites (N-methyl/N-ethyl adjacent to an activating group) is 1. The fourth-order valence-corrected chi connectivity index (χ4v) is 2.50. The molecule has 0 aliphatic heterocycles. The third-order valence-electron chi connectivity index (χ3n) is 3.88. The molecule has 0 saturated heterocycles. The zero-order valence-corrected chi connectivity index (χ0v) is 14.8. The standard InChI is InChI=1S/C18H19N5O3/c1-12-9-10-19-18-20-15(21-23(12)18)17(25)26-13(2)16(24)22(3)11-14-7-5-4-6-8-14/h4-10,13H,11H2,1-3H3/t13-/m0/s1. The van der Waals surface area contributed by atoms with Gasteiger partial charge in [-0.25, -0.2) is 14.3 Å². The highest BCUT2D eigenvalue weighted by atomic mass is 16.5. The number of aryl methyl sites for hydroxylation is 1. The van der Waals surface area contributed by atoms with Crippen molar-refractivity contribution in [2.45, 2.75) is 26.5 Å². The van der Waals surface area contributed by atoms with Crippen LogP contribution in [0, 0.1) is 6.92 Å². The fourth-order valence-electron chi connectivity index (χ4n) is 2.50. The summed E-state index contributed by atoms with van der Waals surface area (Å²) in [6.45, 7) is 3.78. The number of carbonyl (C=O) groups excluding carboxylic acids is 2. The van der Waals surface area contributed by atoms with E-state index in [4.69, 9.17) is 4.74 Å². The van der Waals surface area contributed by atoms with Gasteiger partial charge in [-0.1, -0.05) is 30.3 Å². The van der Waals surface area contributed by atoms with Crippen molar-refractivity contribution in [2.75, 3.05) is 7.05 Å². The lowest BCUT2D eigenvalue weighted by Gasteiger charge is -2.21. The molecule has 0 unspecified atom stereocenters. The van der Waals surface area contributed by atoms with Crippen molar-refractivity contribution in [3.8, 4) is 0 Å². The van der Waals surface area contributed by atoms with Gasteiger partial charge < -0.3 is 9.64 Å². The zero-order chi connectivity index (χ0) is 18.7. The Morgan fingerprint density at radius 1 is 1.23 bits per heavy atom. The molecule has 8 nitrogen and oxygen atoms in total. The highest BCUT2D eigenvalue weighted by Crippen LogP contribution is 2.08. The maximum absolute atomic E-state index is 12.4. The molecule has 1 atom stereocenters. The number of benzene rings is 1. The van der Waals surface area contributed by atoms with Gasteiger partial charge in [0.05, 0.1) is 0 Å². The highest BCUT2D eigenvalue weighted by Gasteiger charge is 2.25. The Bertz CT molecular complexity index is 938. The van der Waals surface area contributed by atoms with Crippen LogP contribution in [-0.4, -0.2) is 49.5 Å². The Morgan fingerprint density at radius 3 is 2.65 bits per heavy atom. The molecule has 3 rings (SSSR count). The second kappa shape index (κ2) is 7.30. The van der Waals surface area contributed by atoms with Crippen molar-refractivity contribution < 1.29 is 14.3 Å². The summed E-state index contributed by atoms with van der Waals surface area (Å²) in [4.78, 5) is 34.3. The smallest absolute Gasteiger partial charge is 0.379 e. The minimum Gasteiger partial charge on any atom is -0.447 e. The van der Waals surface area contributed by atoms with E-state index in [-0.39, 0.29) is 11.7 Å². The van der Waals surface area contributed by atoms with Crippen molar-refractivity contribution in [2.24, 2.45) is 0 Å². The average molecular weight is 353 g/mol. The lowest BCUT2D eigenvalue weighted by Crippen LogP contribution is -2.37. The first-order valence-electron chi connectivity index (χ1n) is 8.14. The lowest BCUT2D eigenvalue weighted by atomic mass is 10.2. The molecule has 0 saturated carbocycles. The molecule has 8 heteroatoms. The third kappa shape index (κ3) is 3.69. The van der Waals surface area contributed by atoms with Crippen molar-refractivity contribution in [1.82, 2.24) is 24.5 Å². The second-order valence-electron chi connectivity index (χ2n) is 5.96. The van der Waals surface area contributed by atoms with E-state index in [1.54, 1.807) is 19.3 Å². The van der Waals surface area contributed by atoms with E-state index in [9.17, 15) is 9.59 Å². The van der Waals surface area contributed by atoms with Crippen LogP contribution >= 0.6 is 0 Å². The molecule has 1 aromatic carbocycles. The Labute approximate surface area is 150 Å². The molecule has 2 aromatic heterocycles. The minimum atomic E-state index is -0.947. The van der Waals surface area contributed by atoms with E-state index in [2.05, 4.69) is 15.1 Å². The first-order chi connectivity index (χ1) is 12.5. The summed E-state index contributed by atoms with van der Waals surface area (Å²) in [6.07, 6.45) is 0.635. The van der Waals surface area contributed by atoms with Gasteiger partial charge in [0.1, 0.15) is 0 Å². The van der Waals surface area contributed by atoms with Crippen LogP contribution in [0.5, 0.6) is 0 Å². The highest BCUT2D eigenvalue weighted by molar-refractivity contribution is 5.89. The number of esters is 1. The van der Waals surface area contributed by atoms with E-state index in [0.29, 0.717) is 12.3 Å². The number of carbonyl (C=O) groups is 2. The van der Waals surface area contributed by atoms with Gasteiger partial charge in [0.25, 0.3) is 17.5 Å². The fraction of sp³-hybridized carbons (Fsp3) is 0.278. The van der Waals surface area contributed by atoms with E-state index >= 15 is 0 Å². The normalized spacial score (nSPS) is 12.0. The van der Waals surface area contributed by atoms with Crippen LogP contribution in [0.25, 0.3) is 5.78 Å². The molecule has 0 aliphatic rings. The SMILES string of the molecule is Cc1ccnc2nc(C(=O)O[C@@H](C)C(=O)N(C)Cc3ccccc3)nn12. The van der Waals surface area contributed by atoms with E-state index < -0.39 is 12.1 Å². The van der Waals surface area contributed by atoms with Crippen LogP contribution < -0.4 is 0 Å². The maximum Gasteiger partial charge on any atom is 0.379 e. The number of hydrogen-bond acceptors (Lipinski definition) is 6. The Morgan fingerprint density at radius 2 is 1.96 bits per heavy atom. The number of aromatic nitrogens is 4. The Kier molecular flexibility index (Phi) is 4.92. The lowest BCUT2D eigenvalue weighted by molar-refractivity contribution is -0.139. The summed E-state index contributed by atoms with van der Waals surface area (Å²) in [5, 5.41) is 4.08. The third-order valence-corrected chi connectivity index (χ3v) is 3.88. The first kappa shape index (κ1) is 17.5. The molecule has 0 aliphatic carbocycles. The average Bonchev–Trinajstić information content (AvgIpc) is 3.07. The van der Waals surface area contributed by atoms with Crippen LogP contribution in [0.1, 0.15) is 28.8 Å². The monoisotopic (exact) mass is 353 g/mol. The molecule has 2 heterocycles. The molecule has 134 valence electrons. The predicted octanol–water partition coefficient (Wildman–Crippen LogP) is 1.64. The quantitative estimate of drug-likeness (QED) is 0.648. The molecular formula is C18H19N5O3. The van der Waals surface area contributed by atoms with Gasteiger partial charge in [-0.15, -0.1) is 5.10 Å². The van der Waals surface area contributed by atoms with Gasteiger partial charge in [0.15, 0.2) is 6.10 Å². The Balaban J connectivity index is 1.65. The maximum atomic E-state index is 12.4. The van der Waals surface area contributed by atoms with Gasteiger partial charge in [0, 0.05) is 25.5 Å². The van der Waals surface area contributed by atoms with Crippen molar-refractivity contribution in [3.05, 3.63) is 59.7 Å². The summed E-state index contributed by atoms with van der Waals surface area (Å²) in [6, 6.07) is 11.3. The van der Waals surface area contributed by atoms with Gasteiger partial charge >= 0.3 is 5.97 Å². The van der Waals surface area contributed by atoms with E-state index in [0.717, 1.165) is 11.3 Å². The molecule has 0 fully saturated rings. The van der Waals surface area contributed by atoms with Crippen molar-refractivity contribution in [1.29, 1.82) is 0 Å². The van der Waals surface area contributed by atoms with Crippen LogP contribution in [0.4, 0.5) is 0 Å². The molecular weight excluding hydrogens is 334 g/mol. The van der Waals surface area contributed by atoms with Gasteiger partial charge in [0.2, 0.25) is 0 Å². The molecule has 0 radical (unpaired) electrons. The summed E-state index contributed by atoms with van der Waals surface area (Å²) < 4.78 is 6.68. The van der Waals surface area contributed by atoms with Crippen LogP contribution in [0.15, 0.2) is 42.6 Å².